The third-order valence-corrected chi connectivity index (χ3v) is 3.83. The van der Waals surface area contributed by atoms with Gasteiger partial charge >= 0.3 is 0 Å². The van der Waals surface area contributed by atoms with Crippen molar-refractivity contribution in [1.82, 2.24) is 0 Å². The molecule has 0 radical (unpaired) electrons. The summed E-state index contributed by atoms with van der Waals surface area (Å²) in [4.78, 5) is 22.8. The summed E-state index contributed by atoms with van der Waals surface area (Å²) < 4.78 is 1.56. The van der Waals surface area contributed by atoms with Crippen molar-refractivity contribution in [2.24, 2.45) is 0 Å². The van der Waals surface area contributed by atoms with Crippen LogP contribution in [0.1, 0.15) is 20.7 Å². The lowest BCUT2D eigenvalue weighted by Gasteiger charge is -2.09. The first-order chi connectivity index (χ1) is 6.20. The van der Waals surface area contributed by atoms with E-state index in [1.165, 1.54) is 4.01 Å². The standard InChI is InChI=1S/C9H6INO2/c11-6-3-1-2-5-8(6)7(12)4-10-9(5)13/h1-4H,11H2. The highest BCUT2D eigenvalue weighted by Crippen LogP contribution is 2.25. The van der Waals surface area contributed by atoms with Crippen LogP contribution in [0.5, 0.6) is 0 Å². The fourth-order valence-electron chi connectivity index (χ4n) is 1.22. The molecule has 1 heterocycles. The number of ketones is 1. The van der Waals surface area contributed by atoms with E-state index in [9.17, 15) is 9.59 Å². The molecule has 1 aliphatic heterocycles. The molecule has 0 saturated carbocycles. The molecule has 0 bridgehead atoms. The van der Waals surface area contributed by atoms with Crippen LogP contribution in [0.3, 0.4) is 0 Å². The number of rotatable bonds is 0. The Morgan fingerprint density at radius 3 is 2.69 bits per heavy atom. The Labute approximate surface area is 84.7 Å². The molecule has 0 atom stereocenters. The predicted octanol–water partition coefficient (Wildman–Crippen LogP) is 1.38. The maximum absolute atomic E-state index is 11.4. The quantitative estimate of drug-likeness (QED) is 0.445. The molecule has 4 heteroatoms. The van der Waals surface area contributed by atoms with Gasteiger partial charge in [-0.2, -0.15) is 0 Å². The molecule has 66 valence electrons. The lowest BCUT2D eigenvalue weighted by atomic mass is 10.0. The molecule has 1 aromatic carbocycles. The van der Waals surface area contributed by atoms with Gasteiger partial charge in [-0.1, -0.05) is 6.07 Å². The van der Waals surface area contributed by atoms with Crippen molar-refractivity contribution in [2.45, 2.75) is 0 Å². The van der Waals surface area contributed by atoms with Crippen LogP contribution < -0.4 is 5.73 Å². The van der Waals surface area contributed by atoms with Gasteiger partial charge in [0.15, 0.2) is 5.78 Å². The van der Waals surface area contributed by atoms with E-state index in [0.29, 0.717) is 16.8 Å². The van der Waals surface area contributed by atoms with Gasteiger partial charge < -0.3 is 5.73 Å². The van der Waals surface area contributed by atoms with E-state index in [-0.39, 0.29) is 9.57 Å². The Kier molecular flexibility index (Phi) is 1.99. The summed E-state index contributed by atoms with van der Waals surface area (Å²) in [5, 5.41) is 0. The van der Waals surface area contributed by atoms with E-state index in [4.69, 9.17) is 5.73 Å². The van der Waals surface area contributed by atoms with Crippen LogP contribution in [-0.4, -0.2) is 13.6 Å². The highest BCUT2D eigenvalue weighted by molar-refractivity contribution is 14.2. The van der Waals surface area contributed by atoms with Gasteiger partial charge in [-0.15, -0.1) is 0 Å². The highest BCUT2D eigenvalue weighted by atomic mass is 127. The molecule has 0 fully saturated rings. The highest BCUT2D eigenvalue weighted by Gasteiger charge is 2.21. The van der Waals surface area contributed by atoms with E-state index >= 15 is 0 Å². The van der Waals surface area contributed by atoms with Crippen molar-refractivity contribution in [2.75, 3.05) is 5.73 Å². The minimum absolute atomic E-state index is 0.0701. The van der Waals surface area contributed by atoms with Crippen LogP contribution in [0.4, 0.5) is 5.69 Å². The first-order valence-corrected chi connectivity index (χ1v) is 5.96. The number of nitrogen functional groups attached to an aromatic ring is 1. The van der Waals surface area contributed by atoms with Gasteiger partial charge in [-0.05, 0) is 32.9 Å². The summed E-state index contributed by atoms with van der Waals surface area (Å²) in [6, 6.07) is 5.01. The third kappa shape index (κ3) is 1.31. The van der Waals surface area contributed by atoms with E-state index in [1.807, 2.05) is 0 Å². The molecule has 0 aromatic heterocycles. The SMILES string of the molecule is Nc1cccc2c1C(=O)C=IC2=O. The molecule has 0 amide bonds. The lowest BCUT2D eigenvalue weighted by molar-refractivity contribution is 0.105. The zero-order valence-corrected chi connectivity index (χ0v) is 8.74. The molecule has 13 heavy (non-hydrogen) atoms. The second kappa shape index (κ2) is 3.02. The fourth-order valence-corrected chi connectivity index (χ4v) is 2.88. The van der Waals surface area contributed by atoms with Crippen LogP contribution >= 0.6 is 20.7 Å². The average molecular weight is 287 g/mol. The molecular formula is C9H6INO2. The minimum atomic E-state index is -0.759. The molecule has 1 aliphatic rings. The number of fused-ring (bicyclic) bond motifs is 1. The fraction of sp³-hybridized carbons (Fsp3) is 0. The Morgan fingerprint density at radius 2 is 2.00 bits per heavy atom. The Morgan fingerprint density at radius 1 is 1.23 bits per heavy atom. The third-order valence-electron chi connectivity index (χ3n) is 1.81. The first-order valence-electron chi connectivity index (χ1n) is 3.64. The number of benzene rings is 1. The van der Waals surface area contributed by atoms with Gasteiger partial charge in [0.1, 0.15) is 0 Å². The van der Waals surface area contributed by atoms with Gasteiger partial charge in [-0.25, -0.2) is 0 Å². The zero-order valence-electron chi connectivity index (χ0n) is 6.58. The van der Waals surface area contributed by atoms with Gasteiger partial charge in [0, 0.05) is 15.3 Å². The van der Waals surface area contributed by atoms with Crippen LogP contribution in [0.15, 0.2) is 18.2 Å². The van der Waals surface area contributed by atoms with Gasteiger partial charge in [0.25, 0.3) is 0 Å². The molecule has 0 unspecified atom stereocenters. The smallest absolute Gasteiger partial charge is 0.217 e. The van der Waals surface area contributed by atoms with Crippen LogP contribution in [0.25, 0.3) is 0 Å². The van der Waals surface area contributed by atoms with Crippen LogP contribution in [-0.2, 0) is 0 Å². The second-order valence-electron chi connectivity index (χ2n) is 2.63. The summed E-state index contributed by atoms with van der Waals surface area (Å²) in [6.45, 7) is 0. The summed E-state index contributed by atoms with van der Waals surface area (Å²) in [6.07, 6.45) is 0. The van der Waals surface area contributed by atoms with Crippen molar-refractivity contribution < 1.29 is 9.59 Å². The summed E-state index contributed by atoms with van der Waals surface area (Å²) in [5.41, 5.74) is 6.90. The Bertz CT molecular complexity index is 437. The summed E-state index contributed by atoms with van der Waals surface area (Å²) in [7, 11) is 0. The Balaban J connectivity index is 2.76. The van der Waals surface area contributed by atoms with E-state index in [1.54, 1.807) is 18.2 Å². The van der Waals surface area contributed by atoms with E-state index in [2.05, 4.69) is 0 Å². The van der Waals surface area contributed by atoms with Crippen molar-refractivity contribution >= 4 is 40.0 Å². The van der Waals surface area contributed by atoms with Crippen LogP contribution in [0.2, 0.25) is 0 Å². The summed E-state index contributed by atoms with van der Waals surface area (Å²) >= 11 is -0.759. The molecule has 1 aromatic rings. The maximum atomic E-state index is 11.4. The van der Waals surface area contributed by atoms with Crippen LogP contribution in [0, 0.1) is 0 Å². The molecule has 0 spiro atoms. The monoisotopic (exact) mass is 287 g/mol. The molecule has 2 N–H and O–H groups in total. The molecular weight excluding hydrogens is 281 g/mol. The number of hydrogen-bond donors (Lipinski definition) is 1. The minimum Gasteiger partial charge on any atom is -0.398 e. The topological polar surface area (TPSA) is 60.2 Å². The van der Waals surface area contributed by atoms with Gasteiger partial charge in [0.2, 0.25) is 3.79 Å². The number of carbonyl (C=O) groups is 2. The zero-order chi connectivity index (χ0) is 9.42. The average Bonchev–Trinajstić information content (AvgIpc) is 2.12. The molecule has 3 nitrogen and oxygen atoms in total. The molecule has 0 aliphatic carbocycles. The van der Waals surface area contributed by atoms with Crippen molar-refractivity contribution in [1.29, 1.82) is 0 Å². The van der Waals surface area contributed by atoms with E-state index in [0.717, 1.165) is 0 Å². The number of halogens is 1. The predicted molar refractivity (Wildman–Crippen MR) is 59.6 cm³/mol. The number of Topliss-reactive ketones (excluding diaryl/α,β-unsaturated/α-hetero) is 1. The normalized spacial score (nSPS) is 15.1. The lowest BCUT2D eigenvalue weighted by Crippen LogP contribution is -2.13. The number of anilines is 1. The number of hydrogen-bond acceptors (Lipinski definition) is 3. The Hall–Kier alpha value is -1.04. The number of carbonyl (C=O) groups excluding carboxylic acids is 2. The largest absolute Gasteiger partial charge is 0.398 e. The molecule has 2 rings (SSSR count). The van der Waals surface area contributed by atoms with Gasteiger partial charge in [-0.3, -0.25) is 9.59 Å². The van der Waals surface area contributed by atoms with E-state index < -0.39 is 20.7 Å². The van der Waals surface area contributed by atoms with Crippen molar-refractivity contribution in [3.63, 3.8) is 0 Å². The molecule has 0 saturated heterocycles. The summed E-state index contributed by atoms with van der Waals surface area (Å²) in [5.74, 6) is -0.0968. The van der Waals surface area contributed by atoms with Gasteiger partial charge in [0.05, 0.1) is 5.56 Å². The first kappa shape index (κ1) is 8.55. The second-order valence-corrected chi connectivity index (χ2v) is 4.85. The maximum Gasteiger partial charge on any atom is 0.217 e. The number of nitrogens with two attached hydrogens (primary N) is 1. The van der Waals surface area contributed by atoms with Crippen molar-refractivity contribution in [3.8, 4) is 0 Å². The van der Waals surface area contributed by atoms with Crippen molar-refractivity contribution in [3.05, 3.63) is 29.3 Å².